The number of rotatable bonds is 6. The molecule has 2 rings (SSSR count). The third kappa shape index (κ3) is 3.04. The third-order valence-electron chi connectivity index (χ3n) is 2.80. The number of hydrogen-bond acceptors (Lipinski definition) is 3. The fourth-order valence-corrected chi connectivity index (χ4v) is 1.69. The summed E-state index contributed by atoms with van der Waals surface area (Å²) in [5.41, 5.74) is 2.60. The Kier molecular flexibility index (Phi) is 4.34. The van der Waals surface area contributed by atoms with Crippen molar-refractivity contribution in [3.05, 3.63) is 35.4 Å². The van der Waals surface area contributed by atoms with Gasteiger partial charge in [-0.25, -0.2) is 0 Å². The Labute approximate surface area is 96.8 Å². The molecule has 1 heterocycles. The fraction of sp³-hybridized carbons (Fsp3) is 0.538. The lowest BCUT2D eigenvalue weighted by atomic mass is 10.1. The van der Waals surface area contributed by atoms with Gasteiger partial charge in [0, 0.05) is 13.2 Å². The smallest absolute Gasteiger partial charge is 0.0719 e. The van der Waals surface area contributed by atoms with Gasteiger partial charge in [-0.1, -0.05) is 24.3 Å². The van der Waals surface area contributed by atoms with Crippen molar-refractivity contribution in [1.29, 1.82) is 0 Å². The van der Waals surface area contributed by atoms with Gasteiger partial charge in [-0.05, 0) is 18.1 Å². The maximum Gasteiger partial charge on any atom is 0.0719 e. The zero-order chi connectivity index (χ0) is 11.2. The van der Waals surface area contributed by atoms with Crippen molar-refractivity contribution in [2.75, 3.05) is 19.8 Å². The average molecular weight is 221 g/mol. The lowest BCUT2D eigenvalue weighted by Crippen LogP contribution is -2.45. The summed E-state index contributed by atoms with van der Waals surface area (Å²) in [7, 11) is 0. The van der Waals surface area contributed by atoms with E-state index in [0.29, 0.717) is 12.6 Å². The standard InChI is InChI=1S/C13H19NO2/c1-2-15-8-12-6-4-3-5-11(12)7-14-13-9-16-10-13/h3-6,13-14H,2,7-10H2,1H3. The zero-order valence-corrected chi connectivity index (χ0v) is 9.74. The Bertz CT molecular complexity index is 323. The second kappa shape index (κ2) is 5.99. The van der Waals surface area contributed by atoms with E-state index >= 15 is 0 Å². The van der Waals surface area contributed by atoms with Gasteiger partial charge < -0.3 is 14.8 Å². The minimum Gasteiger partial charge on any atom is -0.378 e. The topological polar surface area (TPSA) is 30.5 Å². The van der Waals surface area contributed by atoms with Crippen LogP contribution in [0.3, 0.4) is 0 Å². The predicted molar refractivity (Wildman–Crippen MR) is 63.2 cm³/mol. The van der Waals surface area contributed by atoms with E-state index in [2.05, 4.69) is 29.6 Å². The Hall–Kier alpha value is -0.900. The van der Waals surface area contributed by atoms with Crippen molar-refractivity contribution < 1.29 is 9.47 Å². The lowest BCUT2D eigenvalue weighted by molar-refractivity contribution is -0.00586. The molecule has 1 aliphatic heterocycles. The Balaban J connectivity index is 1.89. The lowest BCUT2D eigenvalue weighted by Gasteiger charge is -2.27. The van der Waals surface area contributed by atoms with Gasteiger partial charge in [-0.3, -0.25) is 0 Å². The van der Waals surface area contributed by atoms with Gasteiger partial charge in [-0.15, -0.1) is 0 Å². The SMILES string of the molecule is CCOCc1ccccc1CNC1COC1. The molecule has 1 aliphatic rings. The summed E-state index contributed by atoms with van der Waals surface area (Å²) in [4.78, 5) is 0. The average Bonchev–Trinajstić information content (AvgIpc) is 2.26. The Morgan fingerprint density at radius 3 is 2.69 bits per heavy atom. The molecule has 0 atom stereocenters. The molecule has 0 spiro atoms. The first-order chi connectivity index (χ1) is 7.90. The van der Waals surface area contributed by atoms with Gasteiger partial charge in [0.1, 0.15) is 0 Å². The maximum absolute atomic E-state index is 5.45. The molecule has 1 fully saturated rings. The van der Waals surface area contributed by atoms with Gasteiger partial charge in [0.2, 0.25) is 0 Å². The van der Waals surface area contributed by atoms with Crippen molar-refractivity contribution in [3.8, 4) is 0 Å². The van der Waals surface area contributed by atoms with Crippen LogP contribution >= 0.6 is 0 Å². The summed E-state index contributed by atoms with van der Waals surface area (Å²) >= 11 is 0. The first kappa shape index (κ1) is 11.6. The fourth-order valence-electron chi connectivity index (χ4n) is 1.69. The molecule has 0 amide bonds. The van der Waals surface area contributed by atoms with Crippen LogP contribution in [-0.4, -0.2) is 25.9 Å². The number of ether oxygens (including phenoxy) is 2. The minimum atomic E-state index is 0.528. The van der Waals surface area contributed by atoms with E-state index in [-0.39, 0.29) is 0 Å². The number of nitrogens with one attached hydrogen (secondary N) is 1. The molecule has 3 heteroatoms. The molecule has 0 unspecified atom stereocenters. The van der Waals surface area contributed by atoms with Crippen LogP contribution in [0, 0.1) is 0 Å². The molecule has 0 radical (unpaired) electrons. The van der Waals surface area contributed by atoms with Gasteiger partial charge in [0.25, 0.3) is 0 Å². The summed E-state index contributed by atoms with van der Waals surface area (Å²) < 4.78 is 10.6. The maximum atomic E-state index is 5.45. The molecule has 1 aromatic rings. The van der Waals surface area contributed by atoms with E-state index in [1.807, 2.05) is 6.92 Å². The summed E-state index contributed by atoms with van der Waals surface area (Å²) in [5, 5.41) is 3.47. The number of hydrogen-bond donors (Lipinski definition) is 1. The molecule has 16 heavy (non-hydrogen) atoms. The molecule has 1 aromatic carbocycles. The Morgan fingerprint density at radius 2 is 2.06 bits per heavy atom. The molecule has 3 nitrogen and oxygen atoms in total. The van der Waals surface area contributed by atoms with E-state index in [4.69, 9.17) is 9.47 Å². The molecule has 0 aromatic heterocycles. The number of benzene rings is 1. The summed E-state index contributed by atoms with van der Waals surface area (Å²) in [6.45, 7) is 6.07. The van der Waals surface area contributed by atoms with Crippen LogP contribution in [0.15, 0.2) is 24.3 Å². The Morgan fingerprint density at radius 1 is 1.31 bits per heavy atom. The van der Waals surface area contributed by atoms with Crippen LogP contribution in [0.25, 0.3) is 0 Å². The van der Waals surface area contributed by atoms with Crippen LogP contribution in [0.4, 0.5) is 0 Å². The van der Waals surface area contributed by atoms with Gasteiger partial charge >= 0.3 is 0 Å². The zero-order valence-electron chi connectivity index (χ0n) is 9.74. The molecular weight excluding hydrogens is 202 g/mol. The highest BCUT2D eigenvalue weighted by molar-refractivity contribution is 5.26. The van der Waals surface area contributed by atoms with Crippen LogP contribution in [0.5, 0.6) is 0 Å². The largest absolute Gasteiger partial charge is 0.378 e. The van der Waals surface area contributed by atoms with E-state index in [0.717, 1.165) is 26.4 Å². The first-order valence-electron chi connectivity index (χ1n) is 5.85. The molecule has 0 bridgehead atoms. The highest BCUT2D eigenvalue weighted by atomic mass is 16.5. The van der Waals surface area contributed by atoms with E-state index in [1.165, 1.54) is 11.1 Å². The van der Waals surface area contributed by atoms with Crippen molar-refractivity contribution in [3.63, 3.8) is 0 Å². The third-order valence-corrected chi connectivity index (χ3v) is 2.80. The summed E-state index contributed by atoms with van der Waals surface area (Å²) in [6.07, 6.45) is 0. The second-order valence-electron chi connectivity index (χ2n) is 4.02. The van der Waals surface area contributed by atoms with E-state index < -0.39 is 0 Å². The van der Waals surface area contributed by atoms with Crippen LogP contribution in [0.1, 0.15) is 18.1 Å². The highest BCUT2D eigenvalue weighted by Gasteiger charge is 2.17. The molecule has 1 saturated heterocycles. The molecule has 1 N–H and O–H groups in total. The molecule has 88 valence electrons. The van der Waals surface area contributed by atoms with E-state index in [1.54, 1.807) is 0 Å². The second-order valence-corrected chi connectivity index (χ2v) is 4.02. The van der Waals surface area contributed by atoms with Crippen LogP contribution in [-0.2, 0) is 22.6 Å². The molecule has 0 aliphatic carbocycles. The molecule has 0 saturated carbocycles. The van der Waals surface area contributed by atoms with E-state index in [9.17, 15) is 0 Å². The summed E-state index contributed by atoms with van der Waals surface area (Å²) in [5.74, 6) is 0. The van der Waals surface area contributed by atoms with Gasteiger partial charge in [0.05, 0.1) is 25.9 Å². The van der Waals surface area contributed by atoms with Crippen LogP contribution < -0.4 is 5.32 Å². The van der Waals surface area contributed by atoms with Crippen LogP contribution in [0.2, 0.25) is 0 Å². The van der Waals surface area contributed by atoms with Crippen molar-refractivity contribution in [2.24, 2.45) is 0 Å². The first-order valence-corrected chi connectivity index (χ1v) is 5.85. The van der Waals surface area contributed by atoms with Crippen molar-refractivity contribution in [1.82, 2.24) is 5.32 Å². The summed E-state index contributed by atoms with van der Waals surface area (Å²) in [6, 6.07) is 8.94. The predicted octanol–water partition coefficient (Wildman–Crippen LogP) is 1.71. The minimum absolute atomic E-state index is 0.528. The van der Waals surface area contributed by atoms with Gasteiger partial charge in [-0.2, -0.15) is 0 Å². The van der Waals surface area contributed by atoms with Crippen molar-refractivity contribution in [2.45, 2.75) is 26.1 Å². The molecular formula is C13H19NO2. The van der Waals surface area contributed by atoms with Gasteiger partial charge in [0.15, 0.2) is 0 Å². The quantitative estimate of drug-likeness (QED) is 0.793. The van der Waals surface area contributed by atoms with Crippen molar-refractivity contribution >= 4 is 0 Å². The normalized spacial score (nSPS) is 16.1. The highest BCUT2D eigenvalue weighted by Crippen LogP contribution is 2.11. The monoisotopic (exact) mass is 221 g/mol.